The maximum absolute atomic E-state index is 14.5. The zero-order chi connectivity index (χ0) is 24.9. The fraction of sp³-hybridized carbons (Fsp3) is 0.444. The van der Waals surface area contributed by atoms with Crippen LogP contribution < -0.4 is 10.6 Å². The van der Waals surface area contributed by atoms with Crippen molar-refractivity contribution < 1.29 is 9.18 Å². The van der Waals surface area contributed by atoms with E-state index in [2.05, 4.69) is 40.2 Å². The zero-order valence-electron chi connectivity index (χ0n) is 21.1. The second kappa shape index (κ2) is 11.0. The summed E-state index contributed by atoms with van der Waals surface area (Å²) in [6.45, 7) is 8.11. The molecule has 1 amide bonds. The molecule has 1 aromatic carbocycles. The number of halogens is 1. The minimum Gasteiger partial charge on any atom is -0.355 e. The van der Waals surface area contributed by atoms with E-state index in [-0.39, 0.29) is 5.82 Å². The number of imidazole rings is 1. The van der Waals surface area contributed by atoms with Crippen molar-refractivity contribution in [1.29, 1.82) is 0 Å². The quantitative estimate of drug-likeness (QED) is 0.525. The summed E-state index contributed by atoms with van der Waals surface area (Å²) in [6, 6.07) is 5.89. The van der Waals surface area contributed by atoms with Crippen molar-refractivity contribution in [3.05, 3.63) is 58.4 Å². The van der Waals surface area contributed by atoms with Crippen molar-refractivity contribution >= 4 is 18.2 Å². The summed E-state index contributed by atoms with van der Waals surface area (Å²) in [5, 5.41) is 10.4. The second-order valence-electron chi connectivity index (χ2n) is 9.31. The average molecular weight is 479 g/mol. The van der Waals surface area contributed by atoms with Crippen LogP contribution in [0.5, 0.6) is 0 Å². The molecule has 3 heterocycles. The first kappa shape index (κ1) is 24.9. The molecule has 1 fully saturated rings. The van der Waals surface area contributed by atoms with Gasteiger partial charge in [-0.15, -0.1) is 0 Å². The van der Waals surface area contributed by atoms with Crippen LogP contribution in [0.15, 0.2) is 24.4 Å². The van der Waals surface area contributed by atoms with E-state index >= 15 is 0 Å². The van der Waals surface area contributed by atoms with Crippen LogP contribution in [0.25, 0.3) is 23.2 Å². The van der Waals surface area contributed by atoms with Gasteiger partial charge in [0.05, 0.1) is 11.4 Å². The fourth-order valence-electron chi connectivity index (χ4n) is 4.75. The first-order valence-corrected chi connectivity index (χ1v) is 12.4. The Hall–Kier alpha value is -3.26. The number of carbonyl (C=O) groups is 1. The Bertz CT molecular complexity index is 1220. The highest BCUT2D eigenvalue weighted by atomic mass is 19.1. The van der Waals surface area contributed by atoms with Crippen LogP contribution in [0.3, 0.4) is 0 Å². The van der Waals surface area contributed by atoms with Crippen LogP contribution >= 0.6 is 0 Å². The van der Waals surface area contributed by atoms with Crippen LogP contribution in [0.4, 0.5) is 4.39 Å². The zero-order valence-corrected chi connectivity index (χ0v) is 21.1. The number of hydrogen-bond donors (Lipinski definition) is 2. The van der Waals surface area contributed by atoms with Crippen LogP contribution in [-0.2, 0) is 24.7 Å². The molecule has 5 rings (SSSR count). The van der Waals surface area contributed by atoms with Crippen LogP contribution in [0, 0.1) is 19.7 Å². The Morgan fingerprint density at radius 1 is 1.29 bits per heavy atom. The molecule has 3 aromatic rings. The van der Waals surface area contributed by atoms with Crippen molar-refractivity contribution in [1.82, 2.24) is 30.0 Å². The van der Waals surface area contributed by atoms with Gasteiger partial charge in [0.25, 0.3) is 0 Å². The molecule has 0 radical (unpaired) electrons. The summed E-state index contributed by atoms with van der Waals surface area (Å²) in [7, 11) is 1.95. The molecule has 35 heavy (non-hydrogen) atoms. The predicted molar refractivity (Wildman–Crippen MR) is 137 cm³/mol. The number of nitrogens with one attached hydrogen (secondary N) is 2. The molecule has 1 unspecified atom stereocenters. The van der Waals surface area contributed by atoms with Gasteiger partial charge in [-0.2, -0.15) is 5.10 Å². The van der Waals surface area contributed by atoms with E-state index in [0.29, 0.717) is 6.04 Å². The third-order valence-corrected chi connectivity index (χ3v) is 6.70. The minimum absolute atomic E-state index is 0.147. The molecule has 186 valence electrons. The summed E-state index contributed by atoms with van der Waals surface area (Å²) >= 11 is 0. The summed E-state index contributed by atoms with van der Waals surface area (Å²) in [6.07, 6.45) is 9.55. The maximum Gasteiger partial charge on any atom is 0.207 e. The van der Waals surface area contributed by atoms with Gasteiger partial charge in [-0.25, -0.2) is 9.37 Å². The molecule has 1 atom stereocenters. The van der Waals surface area contributed by atoms with Gasteiger partial charge in [-0.3, -0.25) is 9.48 Å². The average Bonchev–Trinajstić information content (AvgIpc) is 3.55. The van der Waals surface area contributed by atoms with Gasteiger partial charge in [-0.05, 0) is 63.8 Å². The SMILES string of the molecule is CCCc1ccc(-c2nc(C)c(C)n2C2=Cc3cn(C)nc3CC2)cc1F.O=CNC1CCNC1. The molecule has 1 aliphatic carbocycles. The number of rotatable bonds is 6. The van der Waals surface area contributed by atoms with Crippen LogP contribution in [0.2, 0.25) is 0 Å². The number of aryl methyl sites for hydroxylation is 4. The lowest BCUT2D eigenvalue weighted by Crippen LogP contribution is -2.29. The van der Waals surface area contributed by atoms with Gasteiger partial charge in [0, 0.05) is 48.3 Å². The number of allylic oxidation sites excluding steroid dienone is 1. The van der Waals surface area contributed by atoms with Crippen molar-refractivity contribution in [3.8, 4) is 11.4 Å². The van der Waals surface area contributed by atoms with E-state index < -0.39 is 0 Å². The molecule has 0 saturated carbocycles. The molecule has 2 N–H and O–H groups in total. The summed E-state index contributed by atoms with van der Waals surface area (Å²) in [5.41, 5.74) is 7.13. The normalized spacial score (nSPS) is 16.8. The van der Waals surface area contributed by atoms with E-state index in [1.165, 1.54) is 5.70 Å². The number of amides is 1. The van der Waals surface area contributed by atoms with Crippen LogP contribution in [-0.4, -0.2) is 44.9 Å². The van der Waals surface area contributed by atoms with Gasteiger partial charge >= 0.3 is 0 Å². The van der Waals surface area contributed by atoms with E-state index in [1.807, 2.05) is 37.0 Å². The largest absolute Gasteiger partial charge is 0.355 e. The van der Waals surface area contributed by atoms with Gasteiger partial charge < -0.3 is 15.2 Å². The van der Waals surface area contributed by atoms with Crippen molar-refractivity contribution in [2.75, 3.05) is 13.1 Å². The standard InChI is InChI=1S/C22H25FN4.C5H10N2O/c1-5-6-16-7-8-17(12-20(16)23)22-24-14(2)15(3)27(22)19-9-10-21-18(11-19)13-26(4)25-21;8-4-7-5-1-2-6-3-5/h7-8,11-13H,5-6,9-10H2,1-4H3;4-6H,1-3H2,(H,7,8). The van der Waals surface area contributed by atoms with E-state index in [0.717, 1.165) is 91.2 Å². The van der Waals surface area contributed by atoms with Gasteiger partial charge in [0.1, 0.15) is 11.6 Å². The lowest BCUT2D eigenvalue weighted by Gasteiger charge is -2.18. The first-order valence-electron chi connectivity index (χ1n) is 12.4. The number of nitrogens with zero attached hydrogens (tertiary/aromatic N) is 4. The topological polar surface area (TPSA) is 76.8 Å². The Balaban J connectivity index is 0.000000308. The third-order valence-electron chi connectivity index (χ3n) is 6.70. The summed E-state index contributed by atoms with van der Waals surface area (Å²) in [4.78, 5) is 14.6. The molecule has 2 aliphatic rings. The molecule has 0 bridgehead atoms. The van der Waals surface area contributed by atoms with Gasteiger partial charge in [0.15, 0.2) is 0 Å². The van der Waals surface area contributed by atoms with Crippen LogP contribution in [0.1, 0.15) is 54.4 Å². The highest BCUT2D eigenvalue weighted by molar-refractivity contribution is 5.78. The molecule has 1 aliphatic heterocycles. The third kappa shape index (κ3) is 5.53. The predicted octanol–water partition coefficient (Wildman–Crippen LogP) is 4.03. The number of hydrogen-bond acceptors (Lipinski definition) is 4. The number of benzene rings is 1. The van der Waals surface area contributed by atoms with Crippen molar-refractivity contribution in [2.24, 2.45) is 7.05 Å². The van der Waals surface area contributed by atoms with E-state index in [1.54, 1.807) is 6.07 Å². The second-order valence-corrected chi connectivity index (χ2v) is 9.31. The monoisotopic (exact) mass is 478 g/mol. The Kier molecular flexibility index (Phi) is 7.80. The Morgan fingerprint density at radius 2 is 2.11 bits per heavy atom. The highest BCUT2D eigenvalue weighted by Crippen LogP contribution is 2.33. The van der Waals surface area contributed by atoms with Crippen molar-refractivity contribution in [2.45, 2.75) is 58.9 Å². The molecular weight excluding hydrogens is 443 g/mol. The van der Waals surface area contributed by atoms with Crippen molar-refractivity contribution in [3.63, 3.8) is 0 Å². The summed E-state index contributed by atoms with van der Waals surface area (Å²) in [5.74, 6) is 0.664. The Morgan fingerprint density at radius 3 is 2.80 bits per heavy atom. The first-order chi connectivity index (χ1) is 16.9. The maximum atomic E-state index is 14.5. The molecule has 0 spiro atoms. The van der Waals surface area contributed by atoms with Gasteiger partial charge in [-0.1, -0.05) is 25.5 Å². The van der Waals surface area contributed by atoms with E-state index in [4.69, 9.17) is 4.98 Å². The molecule has 8 heteroatoms. The summed E-state index contributed by atoms with van der Waals surface area (Å²) < 4.78 is 18.6. The molecule has 2 aromatic heterocycles. The smallest absolute Gasteiger partial charge is 0.207 e. The fourth-order valence-corrected chi connectivity index (χ4v) is 4.75. The lowest BCUT2D eigenvalue weighted by atomic mass is 10.0. The number of fused-ring (bicyclic) bond motifs is 1. The number of carbonyl (C=O) groups excluding carboxylic acids is 1. The molecule has 1 saturated heterocycles. The minimum atomic E-state index is -0.147. The van der Waals surface area contributed by atoms with Gasteiger partial charge in [0.2, 0.25) is 6.41 Å². The lowest BCUT2D eigenvalue weighted by molar-refractivity contribution is -0.110. The molecular formula is C27H35FN6O. The molecule has 7 nitrogen and oxygen atoms in total. The van der Waals surface area contributed by atoms with E-state index in [9.17, 15) is 9.18 Å². The number of aromatic nitrogens is 4. The Labute approximate surface area is 206 Å². The highest BCUT2D eigenvalue weighted by Gasteiger charge is 2.21.